The van der Waals surface area contributed by atoms with Gasteiger partial charge in [-0.05, 0) is 46.5 Å². The van der Waals surface area contributed by atoms with Crippen LogP contribution >= 0.6 is 12.4 Å². The molecule has 0 aliphatic rings. The fraction of sp³-hybridized carbons (Fsp3) is 0.167. The summed E-state index contributed by atoms with van der Waals surface area (Å²) in [4.78, 5) is 0. The molecule has 26 heavy (non-hydrogen) atoms. The van der Waals surface area contributed by atoms with Gasteiger partial charge in [0.2, 0.25) is 0 Å². The van der Waals surface area contributed by atoms with E-state index in [1.807, 2.05) is 0 Å². The number of hydrogen-bond donors (Lipinski definition) is 1. The molecule has 0 amide bonds. The average molecular weight is 362 g/mol. The molecule has 0 fully saturated rings. The second-order valence-electron chi connectivity index (χ2n) is 6.75. The average Bonchev–Trinajstić information content (AvgIpc) is 2.67. The Morgan fingerprint density at radius 3 is 1.38 bits per heavy atom. The SMILES string of the molecule is C[C@@H](N[C@H](C)c1cccc2ccccc12)c1cccc2ccccc12.Cl. The first-order valence-corrected chi connectivity index (χ1v) is 8.95. The zero-order valence-electron chi connectivity index (χ0n) is 15.1. The van der Waals surface area contributed by atoms with Gasteiger partial charge in [-0.25, -0.2) is 0 Å². The minimum Gasteiger partial charge on any atom is -0.304 e. The molecular weight excluding hydrogens is 338 g/mol. The first kappa shape index (κ1) is 18.4. The van der Waals surface area contributed by atoms with E-state index in [2.05, 4.69) is 104 Å². The number of halogens is 1. The van der Waals surface area contributed by atoms with Gasteiger partial charge in [-0.1, -0.05) is 84.9 Å². The molecule has 0 saturated carbocycles. The lowest BCUT2D eigenvalue weighted by Crippen LogP contribution is -2.22. The predicted molar refractivity (Wildman–Crippen MR) is 115 cm³/mol. The Hall–Kier alpha value is -2.35. The monoisotopic (exact) mass is 361 g/mol. The highest BCUT2D eigenvalue weighted by atomic mass is 35.5. The molecule has 0 spiro atoms. The zero-order valence-corrected chi connectivity index (χ0v) is 16.0. The summed E-state index contributed by atoms with van der Waals surface area (Å²) in [6.07, 6.45) is 0. The summed E-state index contributed by atoms with van der Waals surface area (Å²) < 4.78 is 0. The van der Waals surface area contributed by atoms with Crippen molar-refractivity contribution in [2.75, 3.05) is 0 Å². The second kappa shape index (κ2) is 7.90. The van der Waals surface area contributed by atoms with Crippen molar-refractivity contribution < 1.29 is 0 Å². The Morgan fingerprint density at radius 1 is 0.538 bits per heavy atom. The Morgan fingerprint density at radius 2 is 0.923 bits per heavy atom. The first-order chi connectivity index (χ1) is 12.2. The molecule has 1 nitrogen and oxygen atoms in total. The highest BCUT2D eigenvalue weighted by molar-refractivity contribution is 5.87. The molecule has 132 valence electrons. The van der Waals surface area contributed by atoms with Crippen LogP contribution in [0.3, 0.4) is 0 Å². The molecular formula is C24H24ClN. The van der Waals surface area contributed by atoms with E-state index in [-0.39, 0.29) is 24.5 Å². The summed E-state index contributed by atoms with van der Waals surface area (Å²) in [5.41, 5.74) is 2.70. The van der Waals surface area contributed by atoms with Crippen molar-refractivity contribution >= 4 is 34.0 Å². The summed E-state index contributed by atoms with van der Waals surface area (Å²) in [5.74, 6) is 0. The fourth-order valence-corrected chi connectivity index (χ4v) is 3.81. The fourth-order valence-electron chi connectivity index (χ4n) is 3.81. The Bertz CT molecular complexity index is 931. The van der Waals surface area contributed by atoms with Crippen LogP contribution in [0.2, 0.25) is 0 Å². The number of fused-ring (bicyclic) bond motifs is 2. The maximum absolute atomic E-state index is 3.80. The van der Waals surface area contributed by atoms with E-state index in [4.69, 9.17) is 0 Å². The Labute approximate surface area is 161 Å². The van der Waals surface area contributed by atoms with Gasteiger partial charge in [-0.3, -0.25) is 0 Å². The van der Waals surface area contributed by atoms with Gasteiger partial charge < -0.3 is 5.32 Å². The van der Waals surface area contributed by atoms with Gasteiger partial charge in [-0.15, -0.1) is 12.4 Å². The summed E-state index contributed by atoms with van der Waals surface area (Å²) >= 11 is 0. The maximum Gasteiger partial charge on any atom is 0.0303 e. The van der Waals surface area contributed by atoms with Crippen LogP contribution in [-0.2, 0) is 0 Å². The molecule has 0 aliphatic carbocycles. The molecule has 2 heteroatoms. The van der Waals surface area contributed by atoms with Gasteiger partial charge in [-0.2, -0.15) is 0 Å². The van der Waals surface area contributed by atoms with E-state index in [0.29, 0.717) is 0 Å². The molecule has 0 unspecified atom stereocenters. The lowest BCUT2D eigenvalue weighted by Gasteiger charge is -2.23. The predicted octanol–water partition coefficient (Wildman–Crippen LogP) is 6.83. The van der Waals surface area contributed by atoms with E-state index in [1.54, 1.807) is 0 Å². The van der Waals surface area contributed by atoms with Gasteiger partial charge >= 0.3 is 0 Å². The van der Waals surface area contributed by atoms with Crippen molar-refractivity contribution in [2.45, 2.75) is 25.9 Å². The van der Waals surface area contributed by atoms with Crippen molar-refractivity contribution in [2.24, 2.45) is 0 Å². The summed E-state index contributed by atoms with van der Waals surface area (Å²) in [6.45, 7) is 4.51. The van der Waals surface area contributed by atoms with Gasteiger partial charge in [0.05, 0.1) is 0 Å². The molecule has 4 aromatic rings. The van der Waals surface area contributed by atoms with Gasteiger partial charge in [0.15, 0.2) is 0 Å². The third-order valence-electron chi connectivity index (χ3n) is 5.08. The first-order valence-electron chi connectivity index (χ1n) is 8.95. The van der Waals surface area contributed by atoms with Crippen molar-refractivity contribution in [3.8, 4) is 0 Å². The maximum atomic E-state index is 3.80. The van der Waals surface area contributed by atoms with E-state index in [1.165, 1.54) is 32.7 Å². The van der Waals surface area contributed by atoms with Crippen LogP contribution in [0.1, 0.15) is 37.1 Å². The Balaban J connectivity index is 0.00000196. The quantitative estimate of drug-likeness (QED) is 0.420. The lowest BCUT2D eigenvalue weighted by atomic mass is 9.96. The zero-order chi connectivity index (χ0) is 17.2. The molecule has 4 rings (SSSR count). The standard InChI is InChI=1S/C24H23N.ClH/c1-17(21-15-7-11-19-9-3-5-13-23(19)21)25-18(2)22-16-8-12-20-10-4-6-14-24(20)22;/h3-18,25H,1-2H3;1H/t17-,18-;/m1./s1. The van der Waals surface area contributed by atoms with Gasteiger partial charge in [0, 0.05) is 12.1 Å². The molecule has 4 aromatic carbocycles. The van der Waals surface area contributed by atoms with Gasteiger partial charge in [0.25, 0.3) is 0 Å². The van der Waals surface area contributed by atoms with Crippen LogP contribution in [0.5, 0.6) is 0 Å². The number of rotatable bonds is 4. The molecule has 0 aromatic heterocycles. The lowest BCUT2D eigenvalue weighted by molar-refractivity contribution is 0.499. The third kappa shape index (κ3) is 3.46. The molecule has 0 bridgehead atoms. The second-order valence-corrected chi connectivity index (χ2v) is 6.75. The van der Waals surface area contributed by atoms with Crippen LogP contribution in [0, 0.1) is 0 Å². The van der Waals surface area contributed by atoms with Crippen molar-refractivity contribution in [1.29, 1.82) is 0 Å². The summed E-state index contributed by atoms with van der Waals surface area (Å²) in [7, 11) is 0. The minimum atomic E-state index is 0. The van der Waals surface area contributed by atoms with Crippen LogP contribution in [0.25, 0.3) is 21.5 Å². The molecule has 0 saturated heterocycles. The van der Waals surface area contributed by atoms with Crippen molar-refractivity contribution in [3.05, 3.63) is 96.1 Å². The van der Waals surface area contributed by atoms with Crippen LogP contribution < -0.4 is 5.32 Å². The molecule has 2 atom stereocenters. The van der Waals surface area contributed by atoms with E-state index >= 15 is 0 Å². The largest absolute Gasteiger partial charge is 0.304 e. The normalized spacial score (nSPS) is 13.3. The third-order valence-corrected chi connectivity index (χ3v) is 5.08. The molecule has 0 aliphatic heterocycles. The van der Waals surface area contributed by atoms with Crippen LogP contribution in [0.4, 0.5) is 0 Å². The number of benzene rings is 4. The van der Waals surface area contributed by atoms with Crippen LogP contribution in [-0.4, -0.2) is 0 Å². The smallest absolute Gasteiger partial charge is 0.0303 e. The van der Waals surface area contributed by atoms with E-state index in [9.17, 15) is 0 Å². The topological polar surface area (TPSA) is 12.0 Å². The van der Waals surface area contributed by atoms with Gasteiger partial charge in [0.1, 0.15) is 0 Å². The highest BCUT2D eigenvalue weighted by Crippen LogP contribution is 2.29. The minimum absolute atomic E-state index is 0. The molecule has 1 N–H and O–H groups in total. The molecule has 0 radical (unpaired) electrons. The summed E-state index contributed by atoms with van der Waals surface area (Å²) in [6, 6.07) is 30.9. The summed E-state index contributed by atoms with van der Waals surface area (Å²) in [5, 5.41) is 9.05. The van der Waals surface area contributed by atoms with E-state index in [0.717, 1.165) is 0 Å². The highest BCUT2D eigenvalue weighted by Gasteiger charge is 2.14. The number of nitrogens with one attached hydrogen (secondary N) is 1. The van der Waals surface area contributed by atoms with Crippen molar-refractivity contribution in [3.63, 3.8) is 0 Å². The number of hydrogen-bond acceptors (Lipinski definition) is 1. The Kier molecular flexibility index (Phi) is 5.61. The van der Waals surface area contributed by atoms with Crippen molar-refractivity contribution in [1.82, 2.24) is 5.32 Å². The molecule has 0 heterocycles. The van der Waals surface area contributed by atoms with E-state index < -0.39 is 0 Å². The van der Waals surface area contributed by atoms with Crippen LogP contribution in [0.15, 0.2) is 84.9 Å².